The number of nitrogens with zero attached hydrogens (tertiary/aromatic N) is 1. The number of hydrogen-bond donors (Lipinski definition) is 0. The van der Waals surface area contributed by atoms with Gasteiger partial charge >= 0.3 is 5.63 Å². The van der Waals surface area contributed by atoms with Crippen LogP contribution in [0.5, 0.6) is 0 Å². The van der Waals surface area contributed by atoms with E-state index in [1.54, 1.807) is 28.7 Å². The van der Waals surface area contributed by atoms with Crippen LogP contribution in [0, 0.1) is 0 Å². The average Bonchev–Trinajstić information content (AvgIpc) is 3.18. The van der Waals surface area contributed by atoms with Crippen molar-refractivity contribution in [3.63, 3.8) is 0 Å². The lowest BCUT2D eigenvalue weighted by atomic mass is 10.1. The summed E-state index contributed by atoms with van der Waals surface area (Å²) in [4.78, 5) is 17.7. The Hall–Kier alpha value is -2.24. The number of rotatable bonds is 2. The summed E-state index contributed by atoms with van der Waals surface area (Å²) in [6.07, 6.45) is 0. The SMILES string of the molecule is O=c1oc(-c2csc(-c3cccs3)n2)cc2ccccc12. The number of thiazole rings is 1. The summed E-state index contributed by atoms with van der Waals surface area (Å²) in [6, 6.07) is 13.3. The largest absolute Gasteiger partial charge is 0.421 e. The molecule has 3 heterocycles. The Kier molecular flexibility index (Phi) is 2.94. The van der Waals surface area contributed by atoms with Gasteiger partial charge in [-0.05, 0) is 29.0 Å². The van der Waals surface area contributed by atoms with Crippen molar-refractivity contribution in [3.8, 4) is 21.3 Å². The summed E-state index contributed by atoms with van der Waals surface area (Å²) in [5.41, 5.74) is 0.375. The van der Waals surface area contributed by atoms with E-state index in [0.29, 0.717) is 16.8 Å². The van der Waals surface area contributed by atoms with Gasteiger partial charge in [0.2, 0.25) is 0 Å². The van der Waals surface area contributed by atoms with Gasteiger partial charge in [-0.2, -0.15) is 0 Å². The van der Waals surface area contributed by atoms with Crippen molar-refractivity contribution in [2.45, 2.75) is 0 Å². The number of benzene rings is 1. The van der Waals surface area contributed by atoms with Crippen molar-refractivity contribution in [2.24, 2.45) is 0 Å². The number of hydrogen-bond acceptors (Lipinski definition) is 5. The Bertz CT molecular complexity index is 967. The molecule has 0 radical (unpaired) electrons. The Morgan fingerprint density at radius 3 is 2.81 bits per heavy atom. The highest BCUT2D eigenvalue weighted by atomic mass is 32.1. The molecule has 0 unspecified atom stereocenters. The molecule has 102 valence electrons. The third-order valence-electron chi connectivity index (χ3n) is 3.16. The molecule has 1 aromatic carbocycles. The van der Waals surface area contributed by atoms with E-state index in [4.69, 9.17) is 4.42 Å². The summed E-state index contributed by atoms with van der Waals surface area (Å²) in [5, 5.41) is 6.34. The summed E-state index contributed by atoms with van der Waals surface area (Å²) in [5.74, 6) is 0.512. The second-order valence-electron chi connectivity index (χ2n) is 4.50. The second kappa shape index (κ2) is 4.95. The smallest absolute Gasteiger partial charge is 0.344 e. The van der Waals surface area contributed by atoms with Gasteiger partial charge in [0.15, 0.2) is 5.76 Å². The monoisotopic (exact) mass is 311 g/mol. The van der Waals surface area contributed by atoms with Crippen LogP contribution < -0.4 is 5.63 Å². The lowest BCUT2D eigenvalue weighted by molar-refractivity contribution is 0.533. The van der Waals surface area contributed by atoms with Crippen LogP contribution in [-0.2, 0) is 0 Å². The van der Waals surface area contributed by atoms with Crippen LogP contribution in [-0.4, -0.2) is 4.98 Å². The van der Waals surface area contributed by atoms with Gasteiger partial charge in [-0.25, -0.2) is 9.78 Å². The minimum Gasteiger partial charge on any atom is -0.421 e. The predicted octanol–water partition coefficient (Wildman–Crippen LogP) is 4.65. The van der Waals surface area contributed by atoms with Gasteiger partial charge in [-0.3, -0.25) is 0 Å². The lowest BCUT2D eigenvalue weighted by Gasteiger charge is -1.99. The fraction of sp³-hybridized carbons (Fsp3) is 0. The van der Waals surface area contributed by atoms with Gasteiger partial charge < -0.3 is 4.42 Å². The molecular formula is C16H9NO2S2. The molecule has 0 bridgehead atoms. The van der Waals surface area contributed by atoms with E-state index >= 15 is 0 Å². The minimum absolute atomic E-state index is 0.325. The highest BCUT2D eigenvalue weighted by Gasteiger charge is 2.11. The maximum Gasteiger partial charge on any atom is 0.344 e. The first-order valence-electron chi connectivity index (χ1n) is 6.34. The standard InChI is InChI=1S/C16H9NO2S2/c18-16-11-5-2-1-4-10(11)8-13(19-16)12-9-21-15(17-12)14-6-3-7-20-14/h1-9H. The van der Waals surface area contributed by atoms with Crippen molar-refractivity contribution in [2.75, 3.05) is 0 Å². The number of thiophene rings is 1. The first kappa shape index (κ1) is 12.5. The van der Waals surface area contributed by atoms with E-state index in [0.717, 1.165) is 15.3 Å². The van der Waals surface area contributed by atoms with E-state index in [1.807, 2.05) is 47.2 Å². The van der Waals surface area contributed by atoms with Crippen LogP contribution in [0.2, 0.25) is 0 Å². The van der Waals surface area contributed by atoms with Crippen molar-refractivity contribution < 1.29 is 4.42 Å². The van der Waals surface area contributed by atoms with Crippen molar-refractivity contribution in [1.82, 2.24) is 4.98 Å². The van der Waals surface area contributed by atoms with Crippen LogP contribution in [0.15, 0.2) is 62.4 Å². The molecule has 0 N–H and O–H groups in total. The third-order valence-corrected chi connectivity index (χ3v) is 5.04. The molecule has 5 heteroatoms. The van der Waals surface area contributed by atoms with Gasteiger partial charge in [0.1, 0.15) is 10.7 Å². The van der Waals surface area contributed by atoms with Crippen LogP contribution in [0.25, 0.3) is 32.1 Å². The molecule has 0 atom stereocenters. The van der Waals surface area contributed by atoms with E-state index in [9.17, 15) is 4.79 Å². The third kappa shape index (κ3) is 2.20. The zero-order valence-corrected chi connectivity index (χ0v) is 12.4. The topological polar surface area (TPSA) is 43.1 Å². The molecule has 21 heavy (non-hydrogen) atoms. The maximum absolute atomic E-state index is 12.0. The molecule has 3 aromatic heterocycles. The van der Waals surface area contributed by atoms with Crippen molar-refractivity contribution in [1.29, 1.82) is 0 Å². The predicted molar refractivity (Wildman–Crippen MR) is 86.9 cm³/mol. The fourth-order valence-corrected chi connectivity index (χ4v) is 3.78. The molecule has 0 amide bonds. The van der Waals surface area contributed by atoms with Crippen LogP contribution in [0.4, 0.5) is 0 Å². The van der Waals surface area contributed by atoms with E-state index in [1.165, 1.54) is 0 Å². The Balaban J connectivity index is 1.85. The van der Waals surface area contributed by atoms with Crippen LogP contribution >= 0.6 is 22.7 Å². The first-order chi connectivity index (χ1) is 10.3. The quantitative estimate of drug-likeness (QED) is 0.541. The number of aromatic nitrogens is 1. The Morgan fingerprint density at radius 2 is 1.95 bits per heavy atom. The van der Waals surface area contributed by atoms with E-state index < -0.39 is 0 Å². The average molecular weight is 311 g/mol. The molecule has 4 rings (SSSR count). The fourth-order valence-electron chi connectivity index (χ4n) is 2.16. The number of fused-ring (bicyclic) bond motifs is 1. The second-order valence-corrected chi connectivity index (χ2v) is 6.31. The normalized spacial score (nSPS) is 11.0. The van der Waals surface area contributed by atoms with Gasteiger partial charge in [0.05, 0.1) is 10.3 Å². The molecule has 0 saturated carbocycles. The summed E-state index contributed by atoms with van der Waals surface area (Å²) < 4.78 is 5.40. The minimum atomic E-state index is -0.325. The summed E-state index contributed by atoms with van der Waals surface area (Å²) >= 11 is 3.20. The maximum atomic E-state index is 12.0. The molecule has 0 aliphatic carbocycles. The molecular weight excluding hydrogens is 302 g/mol. The highest BCUT2D eigenvalue weighted by Crippen LogP contribution is 2.31. The molecule has 0 aliphatic heterocycles. The molecule has 3 nitrogen and oxygen atoms in total. The molecule has 0 fully saturated rings. The Morgan fingerprint density at radius 1 is 1.05 bits per heavy atom. The van der Waals surface area contributed by atoms with E-state index in [2.05, 4.69) is 4.98 Å². The molecule has 0 spiro atoms. The molecule has 4 aromatic rings. The zero-order valence-electron chi connectivity index (χ0n) is 10.8. The van der Waals surface area contributed by atoms with Gasteiger partial charge in [-0.1, -0.05) is 24.3 Å². The zero-order chi connectivity index (χ0) is 14.2. The van der Waals surface area contributed by atoms with Gasteiger partial charge in [0, 0.05) is 5.38 Å². The molecule has 0 aliphatic rings. The Labute approximate surface area is 128 Å². The van der Waals surface area contributed by atoms with Crippen LogP contribution in [0.1, 0.15) is 0 Å². The first-order valence-corrected chi connectivity index (χ1v) is 8.10. The summed E-state index contributed by atoms with van der Waals surface area (Å²) in [6.45, 7) is 0. The van der Waals surface area contributed by atoms with Gasteiger partial charge in [0.25, 0.3) is 0 Å². The summed E-state index contributed by atoms with van der Waals surface area (Å²) in [7, 11) is 0. The van der Waals surface area contributed by atoms with Crippen LogP contribution in [0.3, 0.4) is 0 Å². The molecule has 0 saturated heterocycles. The van der Waals surface area contributed by atoms with Crippen molar-refractivity contribution >= 4 is 33.4 Å². The van der Waals surface area contributed by atoms with E-state index in [-0.39, 0.29) is 5.63 Å². The van der Waals surface area contributed by atoms with Crippen molar-refractivity contribution in [3.05, 3.63) is 63.6 Å². The highest BCUT2D eigenvalue weighted by molar-refractivity contribution is 7.20. The van der Waals surface area contributed by atoms with Gasteiger partial charge in [-0.15, -0.1) is 22.7 Å². The lowest BCUT2D eigenvalue weighted by Crippen LogP contribution is -1.99.